The first-order valence-corrected chi connectivity index (χ1v) is 14.6. The molecule has 0 amide bonds. The summed E-state index contributed by atoms with van der Waals surface area (Å²) in [5.74, 6) is 0.103. The molecule has 0 aliphatic heterocycles. The van der Waals surface area contributed by atoms with E-state index in [4.69, 9.17) is 0 Å². The van der Waals surface area contributed by atoms with Crippen molar-refractivity contribution in [1.82, 2.24) is 0 Å². The van der Waals surface area contributed by atoms with Crippen molar-refractivity contribution in [2.24, 2.45) is 0 Å². The maximum atomic E-state index is 2.32. The SMILES string of the molecule is CN(C)c1ccc(C(=C2C=CC(=[N+](C)C)C=C2)c2cccc3cccc(C(c4ccccc4)c4ccccc4)c23)cc1. The summed E-state index contributed by atoms with van der Waals surface area (Å²) in [6.07, 6.45) is 8.95. The molecule has 6 rings (SSSR count). The van der Waals surface area contributed by atoms with Crippen LogP contribution in [0.25, 0.3) is 16.3 Å². The minimum Gasteiger partial charge on any atom is -0.378 e. The summed E-state index contributed by atoms with van der Waals surface area (Å²) in [7, 11) is 8.35. The average Bonchev–Trinajstić information content (AvgIpc) is 3.03. The molecule has 0 saturated heterocycles. The minimum atomic E-state index is 0.103. The molecule has 2 nitrogen and oxygen atoms in total. The van der Waals surface area contributed by atoms with Gasteiger partial charge in [0.1, 0.15) is 14.1 Å². The van der Waals surface area contributed by atoms with Gasteiger partial charge >= 0.3 is 0 Å². The van der Waals surface area contributed by atoms with E-state index in [-0.39, 0.29) is 5.92 Å². The summed E-state index contributed by atoms with van der Waals surface area (Å²) in [6.45, 7) is 0. The number of benzene rings is 5. The van der Waals surface area contributed by atoms with E-state index < -0.39 is 0 Å². The molecule has 0 heterocycles. The van der Waals surface area contributed by atoms with Gasteiger partial charge in [-0.1, -0.05) is 109 Å². The molecule has 5 aromatic rings. The topological polar surface area (TPSA) is 6.25 Å². The largest absolute Gasteiger partial charge is 0.378 e. The zero-order chi connectivity index (χ0) is 29.1. The summed E-state index contributed by atoms with van der Waals surface area (Å²) in [4.78, 5) is 2.15. The molecule has 1 aliphatic rings. The normalized spacial score (nSPS) is 12.7. The fourth-order valence-electron chi connectivity index (χ4n) is 5.99. The van der Waals surface area contributed by atoms with E-state index in [2.05, 4.69) is 183 Å². The number of anilines is 1. The lowest BCUT2D eigenvalue weighted by Gasteiger charge is -2.24. The third-order valence-electron chi connectivity index (χ3n) is 8.13. The Hall–Kier alpha value is -4.95. The second-order valence-corrected chi connectivity index (χ2v) is 11.3. The van der Waals surface area contributed by atoms with E-state index in [0.29, 0.717) is 0 Å². The molecule has 0 saturated carbocycles. The van der Waals surface area contributed by atoms with Crippen LogP contribution in [0.1, 0.15) is 33.7 Å². The molecule has 5 aromatic carbocycles. The van der Waals surface area contributed by atoms with Crippen molar-refractivity contribution in [2.75, 3.05) is 33.1 Å². The fourth-order valence-corrected chi connectivity index (χ4v) is 5.99. The van der Waals surface area contributed by atoms with Gasteiger partial charge < -0.3 is 4.90 Å². The summed E-state index contributed by atoms with van der Waals surface area (Å²) in [6, 6.07) is 44.3. The summed E-state index contributed by atoms with van der Waals surface area (Å²) < 4.78 is 2.15. The van der Waals surface area contributed by atoms with Crippen LogP contribution in [0.15, 0.2) is 151 Å². The van der Waals surface area contributed by atoms with Crippen molar-refractivity contribution in [3.05, 3.63) is 179 Å². The van der Waals surface area contributed by atoms with Crippen molar-refractivity contribution in [2.45, 2.75) is 5.92 Å². The highest BCUT2D eigenvalue weighted by Gasteiger charge is 2.23. The van der Waals surface area contributed by atoms with E-state index in [1.807, 2.05) is 0 Å². The molecule has 0 N–H and O–H groups in total. The first-order valence-electron chi connectivity index (χ1n) is 14.6. The second-order valence-electron chi connectivity index (χ2n) is 11.3. The molecular formula is C40H37N2+. The quantitative estimate of drug-likeness (QED) is 0.153. The minimum absolute atomic E-state index is 0.103. The van der Waals surface area contributed by atoms with Crippen LogP contribution in [0.4, 0.5) is 5.69 Å². The highest BCUT2D eigenvalue weighted by molar-refractivity contribution is 6.06. The maximum absolute atomic E-state index is 2.32. The van der Waals surface area contributed by atoms with Crippen LogP contribution in [0.3, 0.4) is 0 Å². The first kappa shape index (κ1) is 27.2. The molecule has 0 radical (unpaired) electrons. The predicted octanol–water partition coefficient (Wildman–Crippen LogP) is 8.73. The molecule has 42 heavy (non-hydrogen) atoms. The van der Waals surface area contributed by atoms with E-state index in [1.54, 1.807) is 0 Å². The molecule has 206 valence electrons. The number of nitrogens with zero attached hydrogens (tertiary/aromatic N) is 2. The Morgan fingerprint density at radius 2 is 1.17 bits per heavy atom. The fraction of sp³-hybridized carbons (Fsp3) is 0.125. The van der Waals surface area contributed by atoms with Crippen LogP contribution in [0.5, 0.6) is 0 Å². The summed E-state index contributed by atoms with van der Waals surface area (Å²) in [5.41, 5.74) is 11.2. The highest BCUT2D eigenvalue weighted by atomic mass is 15.1. The monoisotopic (exact) mass is 545 g/mol. The highest BCUT2D eigenvalue weighted by Crippen LogP contribution is 2.41. The zero-order valence-corrected chi connectivity index (χ0v) is 24.8. The maximum Gasteiger partial charge on any atom is 0.199 e. The van der Waals surface area contributed by atoms with E-state index >= 15 is 0 Å². The number of rotatable bonds is 6. The standard InChI is InChI=1S/C40H37N2/c1-41(2)34-25-21-32(22-26-34)39(33-23-27-35(28-24-33)42(3)4)37-20-12-18-31-17-11-19-36(40(31)37)38(29-13-7-5-8-14-29)30-15-9-6-10-16-30/h5-28,38H,1-4H3/q+1. The molecule has 2 heteroatoms. The van der Waals surface area contributed by atoms with Crippen molar-refractivity contribution < 1.29 is 4.58 Å². The van der Waals surface area contributed by atoms with E-state index in [1.165, 1.54) is 61.1 Å². The van der Waals surface area contributed by atoms with Gasteiger partial charge in [0.15, 0.2) is 5.71 Å². The number of fused-ring (bicyclic) bond motifs is 1. The van der Waals surface area contributed by atoms with Crippen LogP contribution >= 0.6 is 0 Å². The van der Waals surface area contributed by atoms with Gasteiger partial charge in [-0.25, -0.2) is 4.58 Å². The van der Waals surface area contributed by atoms with Crippen molar-refractivity contribution in [1.29, 1.82) is 0 Å². The van der Waals surface area contributed by atoms with Gasteiger partial charge in [-0.05, 0) is 74.0 Å². The molecule has 0 fully saturated rings. The van der Waals surface area contributed by atoms with Crippen molar-refractivity contribution in [3.8, 4) is 0 Å². The van der Waals surface area contributed by atoms with Gasteiger partial charge in [-0.15, -0.1) is 0 Å². The smallest absolute Gasteiger partial charge is 0.199 e. The predicted molar refractivity (Wildman–Crippen MR) is 180 cm³/mol. The molecule has 0 bridgehead atoms. The van der Waals surface area contributed by atoms with Crippen LogP contribution < -0.4 is 4.90 Å². The molecule has 1 aliphatic carbocycles. The van der Waals surface area contributed by atoms with E-state index in [9.17, 15) is 0 Å². The van der Waals surface area contributed by atoms with Crippen LogP contribution in [0, 0.1) is 0 Å². The average molecular weight is 546 g/mol. The summed E-state index contributed by atoms with van der Waals surface area (Å²) in [5, 5.41) is 2.54. The van der Waals surface area contributed by atoms with Gasteiger partial charge in [-0.3, -0.25) is 0 Å². The van der Waals surface area contributed by atoms with Crippen molar-refractivity contribution >= 4 is 27.7 Å². The summed E-state index contributed by atoms with van der Waals surface area (Å²) >= 11 is 0. The number of hydrogen-bond acceptors (Lipinski definition) is 1. The molecular weight excluding hydrogens is 508 g/mol. The van der Waals surface area contributed by atoms with Gasteiger partial charge in [0, 0.05) is 37.9 Å². The Morgan fingerprint density at radius 1 is 0.595 bits per heavy atom. The lowest BCUT2D eigenvalue weighted by Crippen LogP contribution is -2.10. The Balaban J connectivity index is 1.66. The Kier molecular flexibility index (Phi) is 7.70. The lowest BCUT2D eigenvalue weighted by molar-refractivity contribution is -0.462. The van der Waals surface area contributed by atoms with Gasteiger partial charge in [0.25, 0.3) is 0 Å². The third-order valence-corrected chi connectivity index (χ3v) is 8.13. The van der Waals surface area contributed by atoms with Crippen LogP contribution in [-0.2, 0) is 0 Å². The lowest BCUT2D eigenvalue weighted by atomic mass is 9.79. The van der Waals surface area contributed by atoms with E-state index in [0.717, 1.165) is 0 Å². The van der Waals surface area contributed by atoms with Crippen LogP contribution in [0.2, 0.25) is 0 Å². The Morgan fingerprint density at radius 3 is 1.71 bits per heavy atom. The number of allylic oxidation sites excluding steroid dienone is 5. The third kappa shape index (κ3) is 5.36. The second kappa shape index (κ2) is 11.9. The van der Waals surface area contributed by atoms with Gasteiger partial charge in [0.05, 0.1) is 0 Å². The molecule has 0 spiro atoms. The van der Waals surface area contributed by atoms with Crippen molar-refractivity contribution in [3.63, 3.8) is 0 Å². The Bertz CT molecular complexity index is 1770. The van der Waals surface area contributed by atoms with Gasteiger partial charge in [-0.2, -0.15) is 0 Å². The Labute approximate surface area is 249 Å². The first-order chi connectivity index (χ1) is 20.5. The molecule has 0 unspecified atom stereocenters. The zero-order valence-electron chi connectivity index (χ0n) is 24.8. The number of hydrogen-bond donors (Lipinski definition) is 0. The van der Waals surface area contributed by atoms with Gasteiger partial charge in [0.2, 0.25) is 0 Å². The molecule has 0 atom stereocenters. The molecule has 0 aromatic heterocycles. The van der Waals surface area contributed by atoms with Crippen LogP contribution in [-0.4, -0.2) is 38.5 Å².